The fraction of sp³-hybridized carbons (Fsp3) is 0.167. The van der Waals surface area contributed by atoms with Crippen molar-refractivity contribution in [1.29, 1.82) is 0 Å². The van der Waals surface area contributed by atoms with Gasteiger partial charge in [-0.2, -0.15) is 0 Å². The van der Waals surface area contributed by atoms with Crippen LogP contribution in [0.15, 0.2) is 40.5 Å². The number of hydrogen-bond donors (Lipinski definition) is 1. The van der Waals surface area contributed by atoms with Gasteiger partial charge in [0.2, 0.25) is 0 Å². The van der Waals surface area contributed by atoms with E-state index in [4.69, 9.17) is 17.3 Å². The molecule has 4 nitrogen and oxygen atoms in total. The first kappa shape index (κ1) is 11.7. The van der Waals surface area contributed by atoms with Crippen LogP contribution in [0.5, 0.6) is 0 Å². The number of halogens is 1. The second kappa shape index (κ2) is 4.59. The lowest BCUT2D eigenvalue weighted by Gasteiger charge is -2.16. The Labute approximate surface area is 104 Å². The van der Waals surface area contributed by atoms with Crippen LogP contribution in [0.3, 0.4) is 0 Å². The molecule has 0 saturated heterocycles. The van der Waals surface area contributed by atoms with Crippen molar-refractivity contribution < 1.29 is 4.79 Å². The van der Waals surface area contributed by atoms with Gasteiger partial charge in [0.25, 0.3) is 5.91 Å². The van der Waals surface area contributed by atoms with Gasteiger partial charge in [0.1, 0.15) is 12.4 Å². The fourth-order valence-corrected chi connectivity index (χ4v) is 1.64. The van der Waals surface area contributed by atoms with Gasteiger partial charge in [-0.25, -0.2) is 0 Å². The highest BCUT2D eigenvalue weighted by Gasteiger charge is 2.18. The highest BCUT2D eigenvalue weighted by Crippen LogP contribution is 2.19. The minimum Gasteiger partial charge on any atom is -0.383 e. The average molecular weight is 250 g/mol. The van der Waals surface area contributed by atoms with Crippen LogP contribution in [0.4, 0.5) is 5.69 Å². The molecule has 1 aromatic rings. The van der Waals surface area contributed by atoms with Gasteiger partial charge in [-0.3, -0.25) is 14.7 Å². The van der Waals surface area contributed by atoms with Crippen LogP contribution in [0, 0.1) is 6.92 Å². The Morgan fingerprint density at radius 3 is 2.65 bits per heavy atom. The molecule has 0 atom stereocenters. The summed E-state index contributed by atoms with van der Waals surface area (Å²) in [6, 6.07) is 7.57. The maximum atomic E-state index is 11.9. The molecule has 0 unspecified atom stereocenters. The molecular formula is C12H12ClN3O. The zero-order chi connectivity index (χ0) is 12.4. The Hall–Kier alpha value is -1.81. The van der Waals surface area contributed by atoms with E-state index in [1.54, 1.807) is 0 Å². The van der Waals surface area contributed by atoms with E-state index in [9.17, 15) is 4.79 Å². The first-order chi connectivity index (χ1) is 8.08. The van der Waals surface area contributed by atoms with E-state index in [1.165, 1.54) is 11.1 Å². The zero-order valence-electron chi connectivity index (χ0n) is 9.35. The Kier molecular flexibility index (Phi) is 3.15. The third-order valence-corrected chi connectivity index (χ3v) is 2.74. The lowest BCUT2D eigenvalue weighted by molar-refractivity contribution is -0.116. The molecule has 0 saturated carbocycles. The van der Waals surface area contributed by atoms with Crippen LogP contribution in [0.1, 0.15) is 5.56 Å². The van der Waals surface area contributed by atoms with Gasteiger partial charge in [-0.15, -0.1) is 0 Å². The number of hydrogen-bond acceptors (Lipinski definition) is 3. The molecule has 0 fully saturated rings. The van der Waals surface area contributed by atoms with Crippen LogP contribution in [0.2, 0.25) is 0 Å². The Bertz CT molecular complexity index is 505. The number of carbonyl (C=O) groups is 1. The molecule has 2 N–H and O–H groups in total. The number of aliphatic imine (C=N–C) groups is 1. The molecule has 0 aliphatic carbocycles. The average Bonchev–Trinajstić information content (AvgIpc) is 2.44. The molecule has 1 aromatic carbocycles. The van der Waals surface area contributed by atoms with Gasteiger partial charge < -0.3 is 5.73 Å². The summed E-state index contributed by atoms with van der Waals surface area (Å²) in [6.07, 6.45) is 1.50. The van der Waals surface area contributed by atoms with Crippen LogP contribution in [0.25, 0.3) is 0 Å². The molecule has 1 heterocycles. The number of nitrogens with two attached hydrogens (primary N) is 1. The maximum Gasteiger partial charge on any atom is 0.252 e. The number of nitrogens with zero attached hydrogens (tertiary/aromatic N) is 2. The Morgan fingerprint density at radius 1 is 1.35 bits per heavy atom. The predicted molar refractivity (Wildman–Crippen MR) is 69.1 cm³/mol. The van der Waals surface area contributed by atoms with Crippen molar-refractivity contribution in [3.63, 3.8) is 0 Å². The SMILES string of the molecule is Cc1ccc(N2C=C(Cl)C(N)=NCC2=O)cc1. The van der Waals surface area contributed by atoms with Crippen molar-refractivity contribution in [2.24, 2.45) is 10.7 Å². The summed E-state index contributed by atoms with van der Waals surface area (Å²) in [5.74, 6) is 0.0297. The Morgan fingerprint density at radius 2 is 2.00 bits per heavy atom. The van der Waals surface area contributed by atoms with E-state index in [-0.39, 0.29) is 23.3 Å². The molecule has 1 aliphatic heterocycles. The lowest BCUT2D eigenvalue weighted by atomic mass is 10.2. The fourth-order valence-electron chi connectivity index (χ4n) is 1.48. The number of benzene rings is 1. The van der Waals surface area contributed by atoms with Gasteiger partial charge in [0.05, 0.1) is 5.03 Å². The third kappa shape index (κ3) is 2.47. The topological polar surface area (TPSA) is 58.7 Å². The zero-order valence-corrected chi connectivity index (χ0v) is 10.1. The lowest BCUT2D eigenvalue weighted by Crippen LogP contribution is -2.26. The highest BCUT2D eigenvalue weighted by atomic mass is 35.5. The molecule has 5 heteroatoms. The molecule has 88 valence electrons. The van der Waals surface area contributed by atoms with Gasteiger partial charge in [-0.1, -0.05) is 29.3 Å². The van der Waals surface area contributed by atoms with Crippen LogP contribution in [-0.4, -0.2) is 18.3 Å². The summed E-state index contributed by atoms with van der Waals surface area (Å²) in [5, 5.41) is 0.274. The standard InChI is InChI=1S/C12H12ClN3O/c1-8-2-4-9(5-3-8)16-7-10(13)12(14)15-6-11(16)17/h2-5,7H,6H2,1H3,(H2,14,15). The number of aryl methyl sites for hydroxylation is 1. The largest absolute Gasteiger partial charge is 0.383 e. The number of amides is 1. The molecule has 0 radical (unpaired) electrons. The summed E-state index contributed by atoms with van der Waals surface area (Å²) >= 11 is 5.92. The van der Waals surface area contributed by atoms with E-state index < -0.39 is 0 Å². The van der Waals surface area contributed by atoms with Gasteiger partial charge in [0.15, 0.2) is 0 Å². The summed E-state index contributed by atoms with van der Waals surface area (Å²) in [4.78, 5) is 17.2. The maximum absolute atomic E-state index is 11.9. The monoisotopic (exact) mass is 249 g/mol. The summed E-state index contributed by atoms with van der Waals surface area (Å²) in [5.41, 5.74) is 7.46. The van der Waals surface area contributed by atoms with Crippen molar-refractivity contribution in [2.45, 2.75) is 6.92 Å². The van der Waals surface area contributed by atoms with Crippen LogP contribution < -0.4 is 10.6 Å². The minimum absolute atomic E-state index is 0.00638. The van der Waals surface area contributed by atoms with Crippen LogP contribution >= 0.6 is 11.6 Å². The molecule has 1 aliphatic rings. The molecular weight excluding hydrogens is 238 g/mol. The summed E-state index contributed by atoms with van der Waals surface area (Å²) in [7, 11) is 0. The molecule has 0 spiro atoms. The van der Waals surface area contributed by atoms with E-state index in [2.05, 4.69) is 4.99 Å². The second-order valence-electron chi connectivity index (χ2n) is 3.78. The molecule has 0 bridgehead atoms. The van der Waals surface area contributed by atoms with E-state index >= 15 is 0 Å². The number of anilines is 1. The number of carbonyl (C=O) groups excluding carboxylic acids is 1. The van der Waals surface area contributed by atoms with Crippen molar-refractivity contribution in [2.75, 3.05) is 11.4 Å². The van der Waals surface area contributed by atoms with Crippen molar-refractivity contribution >= 4 is 29.0 Å². The molecule has 17 heavy (non-hydrogen) atoms. The predicted octanol–water partition coefficient (Wildman–Crippen LogP) is 1.78. The quantitative estimate of drug-likeness (QED) is 0.825. The number of amidine groups is 1. The highest BCUT2D eigenvalue weighted by molar-refractivity contribution is 6.43. The smallest absolute Gasteiger partial charge is 0.252 e. The third-order valence-electron chi connectivity index (χ3n) is 2.45. The van der Waals surface area contributed by atoms with Gasteiger partial charge in [-0.05, 0) is 19.1 Å². The second-order valence-corrected chi connectivity index (χ2v) is 4.18. The van der Waals surface area contributed by atoms with E-state index in [0.29, 0.717) is 0 Å². The summed E-state index contributed by atoms with van der Waals surface area (Å²) in [6.45, 7) is 1.99. The van der Waals surface area contributed by atoms with E-state index in [0.717, 1.165) is 11.3 Å². The first-order valence-electron chi connectivity index (χ1n) is 5.14. The van der Waals surface area contributed by atoms with Crippen LogP contribution in [-0.2, 0) is 4.79 Å². The molecule has 2 rings (SSSR count). The summed E-state index contributed by atoms with van der Waals surface area (Å²) < 4.78 is 0. The number of rotatable bonds is 1. The molecule has 1 amide bonds. The first-order valence-corrected chi connectivity index (χ1v) is 5.52. The Balaban J connectivity index is 2.38. The van der Waals surface area contributed by atoms with Crippen molar-refractivity contribution in [3.05, 3.63) is 41.1 Å². The van der Waals surface area contributed by atoms with E-state index in [1.807, 2.05) is 31.2 Å². The van der Waals surface area contributed by atoms with Crippen molar-refractivity contribution in [1.82, 2.24) is 0 Å². The molecule has 0 aromatic heterocycles. The minimum atomic E-state index is -0.160. The van der Waals surface area contributed by atoms with Gasteiger partial charge in [0, 0.05) is 11.9 Å². The van der Waals surface area contributed by atoms with Gasteiger partial charge >= 0.3 is 0 Å². The van der Waals surface area contributed by atoms with Crippen molar-refractivity contribution in [3.8, 4) is 0 Å². The normalized spacial score (nSPS) is 16.4.